The van der Waals surface area contributed by atoms with Crippen molar-refractivity contribution in [3.63, 3.8) is 0 Å². The SMILES string of the molecule is CC1=NC(C)=C(c2cccc(Cl)n2)C(c2cccc([N+](=O)[O-])c2)C1C(=O)O. The fourth-order valence-corrected chi connectivity index (χ4v) is 3.61. The smallest absolute Gasteiger partial charge is 0.313 e. The van der Waals surface area contributed by atoms with E-state index in [2.05, 4.69) is 9.98 Å². The van der Waals surface area contributed by atoms with Gasteiger partial charge in [-0.05, 0) is 31.5 Å². The van der Waals surface area contributed by atoms with Crippen LogP contribution in [0.2, 0.25) is 5.15 Å². The van der Waals surface area contributed by atoms with Gasteiger partial charge in [0.2, 0.25) is 0 Å². The molecule has 1 aromatic carbocycles. The third-order valence-electron chi connectivity index (χ3n) is 4.53. The number of pyridine rings is 1. The molecule has 0 saturated heterocycles. The van der Waals surface area contributed by atoms with Gasteiger partial charge in [0.25, 0.3) is 5.69 Å². The number of carbonyl (C=O) groups is 1. The summed E-state index contributed by atoms with van der Waals surface area (Å²) < 4.78 is 0. The highest BCUT2D eigenvalue weighted by Gasteiger charge is 2.39. The number of aliphatic carboxylic acids is 1. The van der Waals surface area contributed by atoms with Gasteiger partial charge in [0.1, 0.15) is 11.1 Å². The minimum Gasteiger partial charge on any atom is -0.481 e. The average molecular weight is 386 g/mol. The molecule has 0 aliphatic carbocycles. The third kappa shape index (κ3) is 3.59. The van der Waals surface area contributed by atoms with E-state index in [4.69, 9.17) is 11.6 Å². The van der Waals surface area contributed by atoms with E-state index in [1.165, 1.54) is 12.1 Å². The van der Waals surface area contributed by atoms with E-state index >= 15 is 0 Å². The molecule has 0 fully saturated rings. The number of nitrogens with zero attached hydrogens (tertiary/aromatic N) is 3. The first kappa shape index (κ1) is 18.7. The van der Waals surface area contributed by atoms with Crippen LogP contribution < -0.4 is 0 Å². The third-order valence-corrected chi connectivity index (χ3v) is 4.74. The van der Waals surface area contributed by atoms with E-state index in [-0.39, 0.29) is 10.8 Å². The lowest BCUT2D eigenvalue weighted by molar-refractivity contribution is -0.384. The minimum atomic E-state index is -1.06. The number of allylic oxidation sites excluding steroid dienone is 2. The summed E-state index contributed by atoms with van der Waals surface area (Å²) in [5, 5.41) is 21.3. The Labute approximate surface area is 160 Å². The van der Waals surface area contributed by atoms with Crippen LogP contribution in [-0.4, -0.2) is 26.7 Å². The Morgan fingerprint density at radius 1 is 1.22 bits per heavy atom. The zero-order chi connectivity index (χ0) is 19.7. The van der Waals surface area contributed by atoms with Crippen LogP contribution in [0.3, 0.4) is 0 Å². The molecule has 8 heteroatoms. The monoisotopic (exact) mass is 385 g/mol. The second-order valence-corrected chi connectivity index (χ2v) is 6.63. The lowest BCUT2D eigenvalue weighted by Crippen LogP contribution is -2.32. The Balaban J connectivity index is 2.27. The molecule has 1 aromatic heterocycles. The van der Waals surface area contributed by atoms with Crippen molar-refractivity contribution in [2.75, 3.05) is 0 Å². The number of halogens is 1. The maximum atomic E-state index is 12.0. The molecule has 0 radical (unpaired) electrons. The summed E-state index contributed by atoms with van der Waals surface area (Å²) in [5.41, 5.74) is 2.54. The summed E-state index contributed by atoms with van der Waals surface area (Å²) in [6.45, 7) is 3.42. The molecular weight excluding hydrogens is 370 g/mol. The number of nitro benzene ring substituents is 1. The summed E-state index contributed by atoms with van der Waals surface area (Å²) in [4.78, 5) is 31.4. The lowest BCUT2D eigenvalue weighted by atomic mass is 9.74. The molecule has 1 aliphatic rings. The van der Waals surface area contributed by atoms with Crippen LogP contribution in [0.15, 0.2) is 53.2 Å². The van der Waals surface area contributed by atoms with Crippen molar-refractivity contribution < 1.29 is 14.8 Å². The molecule has 2 unspecified atom stereocenters. The number of benzene rings is 1. The summed E-state index contributed by atoms with van der Waals surface area (Å²) >= 11 is 6.02. The maximum absolute atomic E-state index is 12.0. The molecule has 2 heterocycles. The largest absolute Gasteiger partial charge is 0.481 e. The first-order chi connectivity index (χ1) is 12.8. The van der Waals surface area contributed by atoms with Crippen LogP contribution in [0.1, 0.15) is 31.0 Å². The van der Waals surface area contributed by atoms with Gasteiger partial charge in [0, 0.05) is 35.0 Å². The summed E-state index contributed by atoms with van der Waals surface area (Å²) in [6.07, 6.45) is 0. The van der Waals surface area contributed by atoms with Crippen molar-refractivity contribution in [2.45, 2.75) is 19.8 Å². The molecule has 0 saturated carbocycles. The molecule has 0 amide bonds. The molecule has 2 atom stereocenters. The summed E-state index contributed by atoms with van der Waals surface area (Å²) in [5.74, 6) is -2.70. The van der Waals surface area contributed by atoms with Crippen molar-refractivity contribution in [2.24, 2.45) is 10.9 Å². The first-order valence-corrected chi connectivity index (χ1v) is 8.53. The highest BCUT2D eigenvalue weighted by atomic mass is 35.5. The number of aromatic nitrogens is 1. The Morgan fingerprint density at radius 2 is 1.93 bits per heavy atom. The van der Waals surface area contributed by atoms with Crippen LogP contribution in [0.5, 0.6) is 0 Å². The van der Waals surface area contributed by atoms with Crippen LogP contribution >= 0.6 is 11.6 Å². The van der Waals surface area contributed by atoms with Gasteiger partial charge in [0.05, 0.1) is 10.6 Å². The van der Waals surface area contributed by atoms with Gasteiger partial charge in [-0.2, -0.15) is 0 Å². The lowest BCUT2D eigenvalue weighted by Gasteiger charge is -2.31. The second kappa shape index (κ2) is 7.28. The molecule has 0 spiro atoms. The molecule has 27 heavy (non-hydrogen) atoms. The highest BCUT2D eigenvalue weighted by molar-refractivity contribution is 6.29. The van der Waals surface area contributed by atoms with Gasteiger partial charge >= 0.3 is 5.97 Å². The van der Waals surface area contributed by atoms with E-state index in [1.54, 1.807) is 44.2 Å². The zero-order valence-electron chi connectivity index (χ0n) is 14.6. The van der Waals surface area contributed by atoms with Crippen LogP contribution in [0.25, 0.3) is 5.57 Å². The Hall–Kier alpha value is -3.06. The fourth-order valence-electron chi connectivity index (χ4n) is 3.44. The quantitative estimate of drug-likeness (QED) is 0.479. The molecule has 0 bridgehead atoms. The van der Waals surface area contributed by atoms with Crippen LogP contribution in [-0.2, 0) is 4.79 Å². The van der Waals surface area contributed by atoms with Crippen molar-refractivity contribution >= 4 is 34.5 Å². The van der Waals surface area contributed by atoms with Gasteiger partial charge in [-0.25, -0.2) is 4.98 Å². The Bertz CT molecular complexity index is 1000. The van der Waals surface area contributed by atoms with Crippen molar-refractivity contribution in [3.05, 3.63) is 74.7 Å². The van der Waals surface area contributed by atoms with Gasteiger partial charge in [-0.1, -0.05) is 29.8 Å². The normalized spacial score (nSPS) is 19.6. The summed E-state index contributed by atoms with van der Waals surface area (Å²) in [7, 11) is 0. The molecule has 1 N–H and O–H groups in total. The van der Waals surface area contributed by atoms with Gasteiger partial charge < -0.3 is 5.11 Å². The van der Waals surface area contributed by atoms with Gasteiger partial charge in [-0.3, -0.25) is 19.9 Å². The first-order valence-electron chi connectivity index (χ1n) is 8.15. The minimum absolute atomic E-state index is 0.104. The fraction of sp³-hybridized carbons (Fsp3) is 0.211. The number of carboxylic acids is 1. The van der Waals surface area contributed by atoms with Crippen molar-refractivity contribution in [3.8, 4) is 0 Å². The predicted molar refractivity (Wildman–Crippen MR) is 102 cm³/mol. The number of carboxylic acid groups (broad SMARTS) is 1. The van der Waals surface area contributed by atoms with E-state index in [0.29, 0.717) is 28.2 Å². The highest BCUT2D eigenvalue weighted by Crippen LogP contribution is 2.44. The molecule has 138 valence electrons. The van der Waals surface area contributed by atoms with Gasteiger partial charge in [-0.15, -0.1) is 0 Å². The van der Waals surface area contributed by atoms with E-state index in [9.17, 15) is 20.0 Å². The van der Waals surface area contributed by atoms with E-state index < -0.39 is 22.7 Å². The number of non-ortho nitro benzene ring substituents is 1. The van der Waals surface area contributed by atoms with Crippen molar-refractivity contribution in [1.29, 1.82) is 0 Å². The Morgan fingerprint density at radius 3 is 2.56 bits per heavy atom. The van der Waals surface area contributed by atoms with Crippen LogP contribution in [0.4, 0.5) is 5.69 Å². The number of nitro groups is 1. The maximum Gasteiger partial charge on any atom is 0.313 e. The number of hydrogen-bond donors (Lipinski definition) is 1. The number of rotatable bonds is 4. The van der Waals surface area contributed by atoms with Crippen LogP contribution in [0, 0.1) is 16.0 Å². The molecule has 3 rings (SSSR count). The molecule has 1 aliphatic heterocycles. The zero-order valence-corrected chi connectivity index (χ0v) is 15.3. The molecule has 2 aromatic rings. The number of hydrogen-bond acceptors (Lipinski definition) is 5. The topological polar surface area (TPSA) is 106 Å². The Kier molecular flexibility index (Phi) is 5.05. The predicted octanol–water partition coefficient (Wildman–Crippen LogP) is 4.33. The summed E-state index contributed by atoms with van der Waals surface area (Å²) in [6, 6.07) is 11.1. The van der Waals surface area contributed by atoms with Gasteiger partial charge in [0.15, 0.2) is 0 Å². The number of aliphatic imine (C=N–C) groups is 1. The average Bonchev–Trinajstić information content (AvgIpc) is 2.60. The van der Waals surface area contributed by atoms with E-state index in [1.807, 2.05) is 0 Å². The molecule has 7 nitrogen and oxygen atoms in total. The molecular formula is C19H16ClN3O4. The van der Waals surface area contributed by atoms with Crippen molar-refractivity contribution in [1.82, 2.24) is 4.98 Å². The standard InChI is InChI=1S/C19H16ClN3O4/c1-10-16(14-7-4-8-15(20)22-14)18(17(19(24)25)11(2)21-10)12-5-3-6-13(9-12)23(26)27/h3-9,17-18H,1-2H3,(H,24,25). The van der Waals surface area contributed by atoms with E-state index in [0.717, 1.165) is 0 Å². The second-order valence-electron chi connectivity index (χ2n) is 6.24.